The summed E-state index contributed by atoms with van der Waals surface area (Å²) in [6, 6.07) is 14.7. The van der Waals surface area contributed by atoms with Crippen molar-refractivity contribution in [1.82, 2.24) is 10.0 Å². The van der Waals surface area contributed by atoms with Gasteiger partial charge in [-0.15, -0.1) is 0 Å². The average Bonchev–Trinajstić information content (AvgIpc) is 2.99. The van der Waals surface area contributed by atoms with Crippen LogP contribution in [-0.4, -0.2) is 32.6 Å². The molecule has 2 amide bonds. The van der Waals surface area contributed by atoms with E-state index in [1.54, 1.807) is 48.5 Å². The van der Waals surface area contributed by atoms with Gasteiger partial charge in [-0.2, -0.15) is 0 Å². The van der Waals surface area contributed by atoms with Crippen LogP contribution >= 0.6 is 0 Å². The van der Waals surface area contributed by atoms with Crippen LogP contribution < -0.4 is 15.8 Å². The van der Waals surface area contributed by atoms with E-state index in [1.807, 2.05) is 6.07 Å². The lowest BCUT2D eigenvalue weighted by Crippen LogP contribution is -2.37. The van der Waals surface area contributed by atoms with Crippen molar-refractivity contribution < 1.29 is 18.0 Å². The van der Waals surface area contributed by atoms with Crippen LogP contribution in [0.3, 0.4) is 0 Å². The second-order valence-corrected chi connectivity index (χ2v) is 8.61. The standard InChI is InChI=1S/C21H24N4O4S/c22-20(27)19(15-9-3-1-4-10-15)24-18(26)13-5-2-8-14-23-21-16-11-6-7-12-17(16)30(28,29)25-21/h1,3-4,6-7,9-12,19H,2,5,8,13-14H2,(H2,22,27)(H,23,25)(H,24,26). The molecule has 0 radical (unpaired) electrons. The number of unbranched alkanes of at least 4 members (excludes halogenated alkanes) is 2. The first-order chi connectivity index (χ1) is 14.4. The van der Waals surface area contributed by atoms with Gasteiger partial charge in [0.15, 0.2) is 0 Å². The van der Waals surface area contributed by atoms with Crippen molar-refractivity contribution in [3.05, 3.63) is 65.7 Å². The molecule has 4 N–H and O–H groups in total. The summed E-state index contributed by atoms with van der Waals surface area (Å²) in [5.41, 5.74) is 6.63. The number of aliphatic imine (C=N–C) groups is 1. The van der Waals surface area contributed by atoms with E-state index in [0.717, 1.165) is 6.42 Å². The summed E-state index contributed by atoms with van der Waals surface area (Å²) in [6.45, 7) is 0.446. The number of carbonyl (C=O) groups is 2. The number of amidine groups is 1. The summed E-state index contributed by atoms with van der Waals surface area (Å²) in [7, 11) is -3.53. The maximum absolute atomic E-state index is 12.2. The van der Waals surface area contributed by atoms with E-state index in [4.69, 9.17) is 5.73 Å². The Bertz CT molecular complexity index is 1050. The quantitative estimate of drug-likeness (QED) is 0.524. The Morgan fingerprint density at radius 3 is 2.43 bits per heavy atom. The first kappa shape index (κ1) is 21.5. The fourth-order valence-corrected chi connectivity index (χ4v) is 4.46. The molecule has 3 rings (SSSR count). The number of amides is 2. The van der Waals surface area contributed by atoms with E-state index in [9.17, 15) is 18.0 Å². The van der Waals surface area contributed by atoms with E-state index in [-0.39, 0.29) is 17.2 Å². The van der Waals surface area contributed by atoms with Gasteiger partial charge in [-0.1, -0.05) is 48.9 Å². The number of hydrogen-bond donors (Lipinski definition) is 3. The summed E-state index contributed by atoms with van der Waals surface area (Å²) in [5.74, 6) is -0.494. The number of benzene rings is 2. The van der Waals surface area contributed by atoms with Crippen LogP contribution in [-0.2, 0) is 19.6 Å². The minimum Gasteiger partial charge on any atom is -0.368 e. The highest BCUT2D eigenvalue weighted by Gasteiger charge is 2.29. The van der Waals surface area contributed by atoms with E-state index in [0.29, 0.717) is 36.3 Å². The molecule has 0 spiro atoms. The highest BCUT2D eigenvalue weighted by Crippen LogP contribution is 2.22. The van der Waals surface area contributed by atoms with Gasteiger partial charge in [-0.3, -0.25) is 19.3 Å². The number of hydrogen-bond acceptors (Lipinski definition) is 5. The Morgan fingerprint density at radius 2 is 1.70 bits per heavy atom. The number of rotatable bonds is 9. The van der Waals surface area contributed by atoms with Crippen LogP contribution in [0.4, 0.5) is 0 Å². The fraction of sp³-hybridized carbons (Fsp3) is 0.286. The predicted octanol–water partition coefficient (Wildman–Crippen LogP) is 1.63. The van der Waals surface area contributed by atoms with Crippen LogP contribution in [0.5, 0.6) is 0 Å². The van der Waals surface area contributed by atoms with Gasteiger partial charge < -0.3 is 11.1 Å². The molecular weight excluding hydrogens is 404 g/mol. The predicted molar refractivity (Wildman–Crippen MR) is 113 cm³/mol. The third-order valence-electron chi connectivity index (χ3n) is 4.72. The van der Waals surface area contributed by atoms with Crippen molar-refractivity contribution in [3.63, 3.8) is 0 Å². The first-order valence-electron chi connectivity index (χ1n) is 9.69. The molecule has 9 heteroatoms. The van der Waals surface area contributed by atoms with Gasteiger partial charge >= 0.3 is 0 Å². The van der Waals surface area contributed by atoms with Crippen molar-refractivity contribution in [2.75, 3.05) is 6.54 Å². The van der Waals surface area contributed by atoms with Crippen molar-refractivity contribution in [2.24, 2.45) is 10.7 Å². The zero-order chi connectivity index (χ0) is 21.6. The second-order valence-electron chi connectivity index (χ2n) is 6.96. The minimum atomic E-state index is -3.53. The Hall–Kier alpha value is -3.20. The van der Waals surface area contributed by atoms with Crippen molar-refractivity contribution in [2.45, 2.75) is 36.6 Å². The highest BCUT2D eigenvalue weighted by atomic mass is 32.2. The smallest absolute Gasteiger partial charge is 0.263 e. The number of primary amides is 1. The fourth-order valence-electron chi connectivity index (χ4n) is 3.21. The molecule has 1 aliphatic heterocycles. The Balaban J connectivity index is 1.43. The second kappa shape index (κ2) is 9.53. The molecule has 0 aliphatic carbocycles. The molecule has 0 bridgehead atoms. The van der Waals surface area contributed by atoms with Crippen LogP contribution in [0, 0.1) is 0 Å². The summed E-state index contributed by atoms with van der Waals surface area (Å²) in [6.07, 6.45) is 2.34. The summed E-state index contributed by atoms with van der Waals surface area (Å²) < 4.78 is 26.6. The molecule has 0 saturated heterocycles. The zero-order valence-corrected chi connectivity index (χ0v) is 17.2. The van der Waals surface area contributed by atoms with Gasteiger partial charge in [-0.25, -0.2) is 8.42 Å². The molecule has 0 saturated carbocycles. The Kier molecular flexibility index (Phi) is 6.83. The molecule has 2 aromatic carbocycles. The Morgan fingerprint density at radius 1 is 1.00 bits per heavy atom. The normalized spacial score (nSPS) is 16.5. The molecular formula is C21H24N4O4S. The van der Waals surface area contributed by atoms with Gasteiger partial charge in [0.25, 0.3) is 10.0 Å². The van der Waals surface area contributed by atoms with Gasteiger partial charge in [0.1, 0.15) is 11.9 Å². The van der Waals surface area contributed by atoms with E-state index in [1.165, 1.54) is 0 Å². The van der Waals surface area contributed by atoms with Gasteiger partial charge in [0.2, 0.25) is 11.8 Å². The lowest BCUT2D eigenvalue weighted by atomic mass is 10.1. The summed E-state index contributed by atoms with van der Waals surface area (Å²) >= 11 is 0. The van der Waals surface area contributed by atoms with Gasteiger partial charge in [0, 0.05) is 18.5 Å². The lowest BCUT2D eigenvalue weighted by molar-refractivity contribution is -0.127. The number of nitrogens with zero attached hydrogens (tertiary/aromatic N) is 1. The average molecular weight is 429 g/mol. The molecule has 0 aromatic heterocycles. The molecule has 2 aromatic rings. The molecule has 30 heavy (non-hydrogen) atoms. The lowest BCUT2D eigenvalue weighted by Gasteiger charge is -2.15. The largest absolute Gasteiger partial charge is 0.368 e. The number of fused-ring (bicyclic) bond motifs is 1. The molecule has 0 fully saturated rings. The number of sulfonamides is 1. The third-order valence-corrected chi connectivity index (χ3v) is 6.11. The molecule has 158 valence electrons. The number of nitrogens with one attached hydrogen (secondary N) is 2. The van der Waals surface area contributed by atoms with Gasteiger partial charge in [-0.05, 0) is 30.5 Å². The van der Waals surface area contributed by atoms with E-state index >= 15 is 0 Å². The van der Waals surface area contributed by atoms with E-state index in [2.05, 4.69) is 15.0 Å². The van der Waals surface area contributed by atoms with Crippen LogP contribution in [0.1, 0.15) is 42.9 Å². The van der Waals surface area contributed by atoms with Gasteiger partial charge in [0.05, 0.1) is 4.90 Å². The molecule has 8 nitrogen and oxygen atoms in total. The van der Waals surface area contributed by atoms with Crippen LogP contribution in [0.25, 0.3) is 0 Å². The molecule has 1 heterocycles. The van der Waals surface area contributed by atoms with E-state index < -0.39 is 22.0 Å². The van der Waals surface area contributed by atoms with Crippen molar-refractivity contribution in [3.8, 4) is 0 Å². The van der Waals surface area contributed by atoms with Crippen molar-refractivity contribution >= 4 is 27.7 Å². The third kappa shape index (κ3) is 5.24. The zero-order valence-electron chi connectivity index (χ0n) is 16.4. The molecule has 1 atom stereocenters. The minimum absolute atomic E-state index is 0.239. The molecule has 1 unspecified atom stereocenters. The highest BCUT2D eigenvalue weighted by molar-refractivity contribution is 7.90. The Labute approximate surface area is 175 Å². The van der Waals surface area contributed by atoms with Crippen LogP contribution in [0.2, 0.25) is 0 Å². The number of nitrogens with two attached hydrogens (primary N) is 1. The van der Waals surface area contributed by atoms with Crippen molar-refractivity contribution in [1.29, 1.82) is 0 Å². The number of carbonyl (C=O) groups excluding carboxylic acids is 2. The van der Waals surface area contributed by atoms with Crippen LogP contribution in [0.15, 0.2) is 64.5 Å². The first-order valence-corrected chi connectivity index (χ1v) is 11.2. The summed E-state index contributed by atoms with van der Waals surface area (Å²) in [5, 5.41) is 2.67. The summed E-state index contributed by atoms with van der Waals surface area (Å²) in [4.78, 5) is 28.4. The molecule has 1 aliphatic rings. The maximum atomic E-state index is 12.2. The monoisotopic (exact) mass is 428 g/mol. The maximum Gasteiger partial charge on any atom is 0.263 e. The SMILES string of the molecule is NC(=O)C(NC(=O)CCCCCN=C1NS(=O)(=O)c2ccccc21)c1ccccc1. The topological polar surface area (TPSA) is 131 Å².